The second-order valence-corrected chi connectivity index (χ2v) is 4.95. The van der Waals surface area contributed by atoms with Crippen LogP contribution in [-0.4, -0.2) is 28.2 Å². The first-order chi connectivity index (χ1) is 9.68. The lowest BCUT2D eigenvalue weighted by Gasteiger charge is -2.19. The molecular formula is C16H14N2O2. The van der Waals surface area contributed by atoms with Gasteiger partial charge >= 0.3 is 0 Å². The number of nitrogens with zero attached hydrogens (tertiary/aromatic N) is 2. The fourth-order valence-electron chi connectivity index (χ4n) is 2.45. The summed E-state index contributed by atoms with van der Waals surface area (Å²) in [6, 6.07) is 10.8. The zero-order valence-corrected chi connectivity index (χ0v) is 11.1. The molecule has 0 saturated heterocycles. The van der Waals surface area contributed by atoms with Crippen molar-refractivity contribution in [1.29, 1.82) is 0 Å². The Balaban J connectivity index is 1.84. The third-order valence-corrected chi connectivity index (χ3v) is 3.59. The van der Waals surface area contributed by atoms with Gasteiger partial charge in [0.1, 0.15) is 0 Å². The molecule has 1 aliphatic heterocycles. The number of fused-ring (bicyclic) bond motifs is 1. The maximum atomic E-state index is 12.3. The molecule has 100 valence electrons. The monoisotopic (exact) mass is 266 g/mol. The van der Waals surface area contributed by atoms with E-state index in [-0.39, 0.29) is 17.7 Å². The zero-order chi connectivity index (χ0) is 14.1. The van der Waals surface area contributed by atoms with E-state index in [0.29, 0.717) is 17.7 Å². The van der Waals surface area contributed by atoms with Gasteiger partial charge < -0.3 is 0 Å². The Morgan fingerprint density at radius 3 is 2.25 bits per heavy atom. The molecule has 0 bridgehead atoms. The van der Waals surface area contributed by atoms with Gasteiger partial charge in [0.15, 0.2) is 0 Å². The van der Waals surface area contributed by atoms with Gasteiger partial charge in [-0.1, -0.05) is 25.1 Å². The van der Waals surface area contributed by atoms with Gasteiger partial charge in [0.05, 0.1) is 11.1 Å². The number of carbonyl (C=O) groups excluding carboxylic acids is 2. The number of hydrogen-bond acceptors (Lipinski definition) is 3. The summed E-state index contributed by atoms with van der Waals surface area (Å²) in [4.78, 5) is 29.9. The molecule has 1 aromatic carbocycles. The topological polar surface area (TPSA) is 50.3 Å². The predicted molar refractivity (Wildman–Crippen MR) is 74.5 cm³/mol. The van der Waals surface area contributed by atoms with Crippen molar-refractivity contribution in [3.8, 4) is 0 Å². The summed E-state index contributed by atoms with van der Waals surface area (Å²) in [6.07, 6.45) is 3.47. The number of imide groups is 1. The van der Waals surface area contributed by atoms with E-state index in [4.69, 9.17) is 0 Å². The molecular weight excluding hydrogens is 252 g/mol. The summed E-state index contributed by atoms with van der Waals surface area (Å²) in [5, 5.41) is 0. The Hall–Kier alpha value is -2.49. The summed E-state index contributed by atoms with van der Waals surface area (Å²) in [5.74, 6) is -0.353. The molecule has 1 aliphatic rings. The smallest absolute Gasteiger partial charge is 0.261 e. The minimum Gasteiger partial charge on any atom is -0.274 e. The molecule has 20 heavy (non-hydrogen) atoms. The molecule has 4 heteroatoms. The fourth-order valence-corrected chi connectivity index (χ4v) is 2.45. The first-order valence-corrected chi connectivity index (χ1v) is 6.53. The second kappa shape index (κ2) is 4.89. The average molecular weight is 266 g/mol. The molecule has 0 radical (unpaired) electrons. The van der Waals surface area contributed by atoms with Crippen molar-refractivity contribution in [2.75, 3.05) is 6.54 Å². The van der Waals surface area contributed by atoms with Gasteiger partial charge in [0.2, 0.25) is 0 Å². The highest BCUT2D eigenvalue weighted by Gasteiger charge is 2.35. The van der Waals surface area contributed by atoms with Gasteiger partial charge in [-0.2, -0.15) is 0 Å². The van der Waals surface area contributed by atoms with Gasteiger partial charge in [-0.3, -0.25) is 19.5 Å². The molecule has 2 aromatic rings. The van der Waals surface area contributed by atoms with Crippen molar-refractivity contribution < 1.29 is 9.59 Å². The standard InChI is InChI=1S/C16H14N2O2/c1-11(12-5-4-8-17-9-12)10-18-15(19)13-6-2-3-7-14(13)16(18)20/h2-9,11H,10H2,1H3/t11-/m1/s1. The molecule has 4 nitrogen and oxygen atoms in total. The van der Waals surface area contributed by atoms with Crippen molar-refractivity contribution in [2.24, 2.45) is 0 Å². The Morgan fingerprint density at radius 2 is 1.70 bits per heavy atom. The number of rotatable bonds is 3. The number of pyridine rings is 1. The maximum Gasteiger partial charge on any atom is 0.261 e. The second-order valence-electron chi connectivity index (χ2n) is 4.95. The van der Waals surface area contributed by atoms with Crippen LogP contribution in [0.5, 0.6) is 0 Å². The quantitative estimate of drug-likeness (QED) is 0.802. The molecule has 0 spiro atoms. The molecule has 2 amide bonds. The maximum absolute atomic E-state index is 12.3. The Bertz CT molecular complexity index is 632. The molecule has 2 heterocycles. The lowest BCUT2D eigenvalue weighted by molar-refractivity contribution is 0.0646. The number of carbonyl (C=O) groups is 2. The first kappa shape index (κ1) is 12.5. The van der Waals surface area contributed by atoms with E-state index in [2.05, 4.69) is 4.98 Å². The number of amides is 2. The molecule has 0 unspecified atom stereocenters. The van der Waals surface area contributed by atoms with Crippen LogP contribution in [0.25, 0.3) is 0 Å². The summed E-state index contributed by atoms with van der Waals surface area (Å²) in [5.41, 5.74) is 2.01. The van der Waals surface area contributed by atoms with Crippen molar-refractivity contribution in [2.45, 2.75) is 12.8 Å². The van der Waals surface area contributed by atoms with E-state index in [9.17, 15) is 9.59 Å². The molecule has 0 aliphatic carbocycles. The van der Waals surface area contributed by atoms with E-state index >= 15 is 0 Å². The van der Waals surface area contributed by atoms with Crippen molar-refractivity contribution >= 4 is 11.8 Å². The van der Waals surface area contributed by atoms with Crippen LogP contribution in [0.15, 0.2) is 48.8 Å². The van der Waals surface area contributed by atoms with Gasteiger partial charge in [-0.25, -0.2) is 0 Å². The third kappa shape index (κ3) is 1.99. The van der Waals surface area contributed by atoms with E-state index in [0.717, 1.165) is 5.56 Å². The molecule has 3 rings (SSSR count). The fraction of sp³-hybridized carbons (Fsp3) is 0.188. The summed E-state index contributed by atoms with van der Waals surface area (Å²) in [7, 11) is 0. The highest BCUT2D eigenvalue weighted by atomic mass is 16.2. The number of hydrogen-bond donors (Lipinski definition) is 0. The van der Waals surface area contributed by atoms with Crippen LogP contribution in [0.3, 0.4) is 0 Å². The first-order valence-electron chi connectivity index (χ1n) is 6.53. The van der Waals surface area contributed by atoms with E-state index < -0.39 is 0 Å². The molecule has 1 aromatic heterocycles. The normalized spacial score (nSPS) is 15.3. The van der Waals surface area contributed by atoms with Crippen molar-refractivity contribution in [3.63, 3.8) is 0 Å². The average Bonchev–Trinajstić information content (AvgIpc) is 2.74. The Labute approximate surface area is 117 Å². The zero-order valence-electron chi connectivity index (χ0n) is 11.1. The summed E-state index contributed by atoms with van der Waals surface area (Å²) in [6.45, 7) is 2.36. The molecule has 0 saturated carbocycles. The van der Waals surface area contributed by atoms with Crippen LogP contribution in [-0.2, 0) is 0 Å². The Kier molecular flexibility index (Phi) is 3.06. The summed E-state index contributed by atoms with van der Waals surface area (Å²) >= 11 is 0. The highest BCUT2D eigenvalue weighted by Crippen LogP contribution is 2.25. The van der Waals surface area contributed by atoms with Crippen LogP contribution in [0.2, 0.25) is 0 Å². The molecule has 0 N–H and O–H groups in total. The van der Waals surface area contributed by atoms with Crippen LogP contribution in [0.4, 0.5) is 0 Å². The number of aromatic nitrogens is 1. The highest BCUT2D eigenvalue weighted by molar-refractivity contribution is 6.21. The van der Waals surface area contributed by atoms with Gasteiger partial charge in [-0.05, 0) is 23.8 Å². The number of benzene rings is 1. The lowest BCUT2D eigenvalue weighted by Crippen LogP contribution is -2.33. The largest absolute Gasteiger partial charge is 0.274 e. The molecule has 1 atom stereocenters. The predicted octanol–water partition coefficient (Wildman–Crippen LogP) is 2.48. The van der Waals surface area contributed by atoms with Gasteiger partial charge in [0.25, 0.3) is 11.8 Å². The van der Waals surface area contributed by atoms with Gasteiger partial charge in [-0.15, -0.1) is 0 Å². The third-order valence-electron chi connectivity index (χ3n) is 3.59. The van der Waals surface area contributed by atoms with E-state index in [1.165, 1.54) is 4.90 Å². The molecule has 0 fully saturated rings. The lowest BCUT2D eigenvalue weighted by atomic mass is 10.0. The SMILES string of the molecule is C[C@H](CN1C(=O)c2ccccc2C1=O)c1cccnc1. The van der Waals surface area contributed by atoms with Crippen molar-refractivity contribution in [1.82, 2.24) is 9.88 Å². The van der Waals surface area contributed by atoms with Crippen LogP contribution >= 0.6 is 0 Å². The minimum absolute atomic E-state index is 0.0610. The van der Waals surface area contributed by atoms with E-state index in [1.807, 2.05) is 19.1 Å². The minimum atomic E-state index is -0.207. The van der Waals surface area contributed by atoms with E-state index in [1.54, 1.807) is 36.7 Å². The summed E-state index contributed by atoms with van der Waals surface area (Å²) < 4.78 is 0. The van der Waals surface area contributed by atoms with Gasteiger partial charge in [0, 0.05) is 24.9 Å². The van der Waals surface area contributed by atoms with Crippen LogP contribution in [0.1, 0.15) is 39.1 Å². The van der Waals surface area contributed by atoms with Crippen LogP contribution < -0.4 is 0 Å². The van der Waals surface area contributed by atoms with Crippen molar-refractivity contribution in [3.05, 3.63) is 65.5 Å². The van der Waals surface area contributed by atoms with Crippen LogP contribution in [0, 0.1) is 0 Å². The Morgan fingerprint density at radius 1 is 1.05 bits per heavy atom.